The van der Waals surface area contributed by atoms with Crippen LogP contribution in [0, 0.1) is 17.8 Å². The maximum Gasteiger partial charge on any atom is 0.223 e. The lowest BCUT2D eigenvalue weighted by atomic mass is 9.70. The van der Waals surface area contributed by atoms with Crippen LogP contribution in [0.3, 0.4) is 0 Å². The Morgan fingerprint density at radius 1 is 1.45 bits per heavy atom. The van der Waals surface area contributed by atoms with Crippen molar-refractivity contribution in [3.05, 3.63) is 0 Å². The second kappa shape index (κ2) is 3.41. The molecule has 5 aliphatic rings. The molecule has 0 radical (unpaired) electrons. The molecule has 5 rings (SSSR count). The van der Waals surface area contributed by atoms with Gasteiger partial charge in [-0.25, -0.2) is 0 Å². The van der Waals surface area contributed by atoms with Gasteiger partial charge in [0, 0.05) is 24.3 Å². The molecule has 1 spiro atoms. The molecule has 4 nitrogen and oxygen atoms in total. The van der Waals surface area contributed by atoms with E-state index in [2.05, 4.69) is 18.7 Å². The van der Waals surface area contributed by atoms with E-state index >= 15 is 0 Å². The molecule has 5 fully saturated rings. The van der Waals surface area contributed by atoms with Crippen molar-refractivity contribution in [1.29, 1.82) is 0 Å². The van der Waals surface area contributed by atoms with Gasteiger partial charge in [0.2, 0.25) is 5.91 Å². The molecule has 20 heavy (non-hydrogen) atoms. The number of piperidine rings is 1. The molecule has 7 atom stereocenters. The maximum absolute atomic E-state index is 12.6. The third kappa shape index (κ3) is 0.970. The number of nitrogens with zero attached hydrogens (tertiary/aromatic N) is 1. The van der Waals surface area contributed by atoms with Gasteiger partial charge < -0.3 is 14.4 Å². The predicted molar refractivity (Wildman–Crippen MR) is 71.8 cm³/mol. The topological polar surface area (TPSA) is 38.8 Å². The Morgan fingerprint density at radius 3 is 3.10 bits per heavy atom. The molecule has 5 saturated heterocycles. The highest BCUT2D eigenvalue weighted by Gasteiger charge is 2.84. The zero-order chi connectivity index (χ0) is 13.7. The van der Waals surface area contributed by atoms with Gasteiger partial charge in [-0.1, -0.05) is 26.7 Å². The summed E-state index contributed by atoms with van der Waals surface area (Å²) in [5, 5.41) is 0. The molecule has 5 aliphatic heterocycles. The Hall–Kier alpha value is -0.610. The SMILES string of the molecule is CCCC[C@@]12[C@@H]3C[C@@H]4[C@H]5C(C)CO[C@@]5(O3)[C@H]1CC(=O)N42. The van der Waals surface area contributed by atoms with Gasteiger partial charge in [0.1, 0.15) is 0 Å². The molecule has 110 valence electrons. The molecule has 0 aromatic heterocycles. The van der Waals surface area contributed by atoms with Crippen molar-refractivity contribution in [2.24, 2.45) is 17.8 Å². The second-order valence-electron chi connectivity index (χ2n) is 7.56. The van der Waals surface area contributed by atoms with Gasteiger partial charge in [-0.2, -0.15) is 0 Å². The van der Waals surface area contributed by atoms with Crippen molar-refractivity contribution in [2.45, 2.75) is 69.4 Å². The van der Waals surface area contributed by atoms with E-state index in [4.69, 9.17) is 9.47 Å². The lowest BCUT2D eigenvalue weighted by molar-refractivity contribution is -0.263. The average Bonchev–Trinajstić information content (AvgIpc) is 3.04. The highest BCUT2D eigenvalue weighted by Crippen LogP contribution is 2.71. The number of hydrogen-bond donors (Lipinski definition) is 0. The highest BCUT2D eigenvalue weighted by molar-refractivity contribution is 5.83. The molecule has 0 N–H and O–H groups in total. The average molecular weight is 277 g/mol. The first-order chi connectivity index (χ1) is 9.65. The summed E-state index contributed by atoms with van der Waals surface area (Å²) in [5.74, 6) is 1.16. The van der Waals surface area contributed by atoms with Crippen LogP contribution < -0.4 is 0 Å². The van der Waals surface area contributed by atoms with Crippen molar-refractivity contribution < 1.29 is 14.3 Å². The Bertz CT molecular complexity index is 494. The first-order valence-corrected chi connectivity index (χ1v) is 8.29. The number of ether oxygens (including phenoxy) is 2. The van der Waals surface area contributed by atoms with Crippen molar-refractivity contribution in [2.75, 3.05) is 6.61 Å². The molecular weight excluding hydrogens is 254 g/mol. The molecule has 0 aromatic rings. The lowest BCUT2D eigenvalue weighted by Crippen LogP contribution is -2.61. The molecule has 0 aromatic carbocycles. The van der Waals surface area contributed by atoms with Gasteiger partial charge in [0.25, 0.3) is 0 Å². The fourth-order valence-corrected chi connectivity index (χ4v) is 6.37. The summed E-state index contributed by atoms with van der Waals surface area (Å²) in [7, 11) is 0. The molecule has 4 heteroatoms. The van der Waals surface area contributed by atoms with Crippen LogP contribution >= 0.6 is 0 Å². The minimum absolute atomic E-state index is 0.0156. The number of fused-ring (bicyclic) bond motifs is 1. The number of amides is 1. The minimum Gasteiger partial charge on any atom is -0.349 e. The first-order valence-electron chi connectivity index (χ1n) is 8.29. The van der Waals surface area contributed by atoms with Crippen LogP contribution in [0.15, 0.2) is 0 Å². The summed E-state index contributed by atoms with van der Waals surface area (Å²) in [5.41, 5.74) is -0.0156. The minimum atomic E-state index is -0.413. The van der Waals surface area contributed by atoms with E-state index in [1.807, 2.05) is 0 Å². The summed E-state index contributed by atoms with van der Waals surface area (Å²) >= 11 is 0. The summed E-state index contributed by atoms with van der Waals surface area (Å²) in [6.07, 6.45) is 5.40. The molecular formula is C16H23NO3. The van der Waals surface area contributed by atoms with E-state index in [1.54, 1.807) is 0 Å². The third-order valence-corrected chi connectivity index (χ3v) is 6.85. The van der Waals surface area contributed by atoms with Gasteiger partial charge in [-0.15, -0.1) is 0 Å². The second-order valence-corrected chi connectivity index (χ2v) is 7.56. The molecule has 0 aliphatic carbocycles. The van der Waals surface area contributed by atoms with Gasteiger partial charge >= 0.3 is 0 Å². The maximum atomic E-state index is 12.6. The highest BCUT2D eigenvalue weighted by atomic mass is 16.7. The van der Waals surface area contributed by atoms with E-state index in [0.29, 0.717) is 30.2 Å². The predicted octanol–water partition coefficient (Wildman–Crippen LogP) is 1.93. The monoisotopic (exact) mass is 277 g/mol. The van der Waals surface area contributed by atoms with E-state index in [9.17, 15) is 4.79 Å². The van der Waals surface area contributed by atoms with Crippen LogP contribution in [0.2, 0.25) is 0 Å². The van der Waals surface area contributed by atoms with E-state index in [1.165, 1.54) is 12.8 Å². The van der Waals surface area contributed by atoms with Crippen molar-refractivity contribution in [1.82, 2.24) is 4.90 Å². The number of rotatable bonds is 3. The Morgan fingerprint density at radius 2 is 2.30 bits per heavy atom. The molecule has 0 saturated carbocycles. The summed E-state index contributed by atoms with van der Waals surface area (Å²) in [6, 6.07) is 0.384. The van der Waals surface area contributed by atoms with Gasteiger partial charge in [-0.05, 0) is 18.8 Å². The van der Waals surface area contributed by atoms with Gasteiger partial charge in [0.15, 0.2) is 5.79 Å². The smallest absolute Gasteiger partial charge is 0.223 e. The molecule has 5 heterocycles. The van der Waals surface area contributed by atoms with Crippen molar-refractivity contribution >= 4 is 5.91 Å². The molecule has 1 unspecified atom stereocenters. The summed E-state index contributed by atoms with van der Waals surface area (Å²) in [6.45, 7) is 5.29. The Kier molecular flexibility index (Phi) is 2.04. The summed E-state index contributed by atoms with van der Waals surface area (Å²) in [4.78, 5) is 14.9. The number of carbonyl (C=O) groups is 1. The normalized spacial score (nSPS) is 58.0. The third-order valence-electron chi connectivity index (χ3n) is 6.85. The zero-order valence-corrected chi connectivity index (χ0v) is 12.3. The van der Waals surface area contributed by atoms with Crippen LogP contribution in [-0.4, -0.2) is 40.9 Å². The number of unbranched alkanes of at least 4 members (excludes halogenated alkanes) is 1. The van der Waals surface area contributed by atoms with E-state index in [-0.39, 0.29) is 17.6 Å². The van der Waals surface area contributed by atoms with E-state index < -0.39 is 5.79 Å². The van der Waals surface area contributed by atoms with Gasteiger partial charge in [0.05, 0.1) is 18.2 Å². The van der Waals surface area contributed by atoms with Crippen LogP contribution in [0.1, 0.15) is 46.0 Å². The quantitative estimate of drug-likeness (QED) is 0.791. The summed E-state index contributed by atoms with van der Waals surface area (Å²) < 4.78 is 12.7. The number of hydrogen-bond acceptors (Lipinski definition) is 3. The van der Waals surface area contributed by atoms with Crippen LogP contribution in [0.5, 0.6) is 0 Å². The molecule has 5 bridgehead atoms. The lowest BCUT2D eigenvalue weighted by Gasteiger charge is -2.48. The number of carbonyl (C=O) groups excluding carboxylic acids is 1. The van der Waals surface area contributed by atoms with E-state index in [0.717, 1.165) is 19.4 Å². The standard InChI is InChI=1S/C16H23NO3/c1-3-4-5-15-11-7-13(18)17(15)10-6-12(15)20-16(11)14(10)9(2)8-19-16/h9-12,14H,3-8H2,1-2H3/t9?,10-,11+,12+,14-,15+,16-/m1/s1. The van der Waals surface area contributed by atoms with Crippen LogP contribution in [-0.2, 0) is 14.3 Å². The van der Waals surface area contributed by atoms with Crippen LogP contribution in [0.25, 0.3) is 0 Å². The fraction of sp³-hybridized carbons (Fsp3) is 0.938. The van der Waals surface area contributed by atoms with Crippen molar-refractivity contribution in [3.63, 3.8) is 0 Å². The van der Waals surface area contributed by atoms with Gasteiger partial charge in [-0.3, -0.25) is 4.79 Å². The largest absolute Gasteiger partial charge is 0.349 e. The van der Waals surface area contributed by atoms with Crippen molar-refractivity contribution in [3.8, 4) is 0 Å². The Labute approximate surface area is 119 Å². The zero-order valence-electron chi connectivity index (χ0n) is 12.3. The van der Waals surface area contributed by atoms with Crippen LogP contribution in [0.4, 0.5) is 0 Å². The molecule has 1 amide bonds. The first kappa shape index (κ1) is 12.0. The Balaban J connectivity index is 1.66. The fourth-order valence-electron chi connectivity index (χ4n) is 6.37.